The van der Waals surface area contributed by atoms with Gasteiger partial charge in [0, 0.05) is 0 Å². The summed E-state index contributed by atoms with van der Waals surface area (Å²) in [6.07, 6.45) is 2.28. The van der Waals surface area contributed by atoms with E-state index in [0.717, 1.165) is 18.9 Å². The third-order valence-electron chi connectivity index (χ3n) is 0.754. The van der Waals surface area contributed by atoms with Crippen molar-refractivity contribution < 1.29 is 4.80 Å². The SMILES string of the molecule is CCCC[Si](O)S. The molecule has 0 atom stereocenters. The molecule has 1 radical (unpaired) electrons. The Morgan fingerprint density at radius 3 is 2.43 bits per heavy atom. The van der Waals surface area contributed by atoms with Crippen LogP contribution in [0.2, 0.25) is 6.04 Å². The molecule has 0 aliphatic heterocycles. The zero-order chi connectivity index (χ0) is 5.70. The Labute approximate surface area is 51.5 Å². The van der Waals surface area contributed by atoms with Gasteiger partial charge in [0.15, 0.2) is 0 Å². The van der Waals surface area contributed by atoms with Crippen LogP contribution in [0.4, 0.5) is 0 Å². The van der Waals surface area contributed by atoms with Crippen molar-refractivity contribution >= 4 is 20.3 Å². The van der Waals surface area contributed by atoms with Gasteiger partial charge in [0.1, 0.15) is 0 Å². The number of unbranched alkanes of at least 4 members (excludes halogenated alkanes) is 1. The van der Waals surface area contributed by atoms with E-state index in [0.29, 0.717) is 0 Å². The third kappa shape index (κ3) is 6.53. The summed E-state index contributed by atoms with van der Waals surface area (Å²) in [5, 5.41) is 0. The van der Waals surface area contributed by atoms with Crippen LogP contribution >= 0.6 is 12.1 Å². The maximum atomic E-state index is 8.65. The first-order chi connectivity index (χ1) is 3.27. The minimum absolute atomic E-state index is 0.921. The van der Waals surface area contributed by atoms with Gasteiger partial charge in [-0.3, -0.25) is 0 Å². The van der Waals surface area contributed by atoms with Crippen LogP contribution in [0.15, 0.2) is 0 Å². The van der Waals surface area contributed by atoms with Crippen molar-refractivity contribution in [1.82, 2.24) is 0 Å². The summed E-state index contributed by atoms with van der Waals surface area (Å²) in [5.74, 6) is 0. The van der Waals surface area contributed by atoms with E-state index in [-0.39, 0.29) is 0 Å². The zero-order valence-electron chi connectivity index (χ0n) is 4.52. The molecule has 0 aromatic heterocycles. The molecular weight excluding hydrogens is 124 g/mol. The van der Waals surface area contributed by atoms with Crippen LogP contribution < -0.4 is 0 Å². The van der Waals surface area contributed by atoms with Crippen LogP contribution in [0.1, 0.15) is 19.8 Å². The first kappa shape index (κ1) is 7.53. The smallest absolute Gasteiger partial charge is 0.276 e. The Morgan fingerprint density at radius 2 is 2.29 bits per heavy atom. The molecule has 0 amide bonds. The summed E-state index contributed by atoms with van der Waals surface area (Å²) in [6, 6.07) is 0.921. The molecule has 0 aromatic rings. The lowest BCUT2D eigenvalue weighted by molar-refractivity contribution is 0.588. The molecule has 1 nitrogen and oxygen atoms in total. The van der Waals surface area contributed by atoms with E-state index in [1.165, 1.54) is 0 Å². The van der Waals surface area contributed by atoms with E-state index in [4.69, 9.17) is 4.80 Å². The molecule has 0 fully saturated rings. The van der Waals surface area contributed by atoms with Crippen molar-refractivity contribution in [3.8, 4) is 0 Å². The van der Waals surface area contributed by atoms with Gasteiger partial charge in [-0.25, -0.2) is 0 Å². The molecule has 0 rings (SSSR count). The van der Waals surface area contributed by atoms with E-state index >= 15 is 0 Å². The fourth-order valence-electron chi connectivity index (χ4n) is 0.335. The van der Waals surface area contributed by atoms with E-state index in [9.17, 15) is 0 Å². The molecule has 0 aliphatic rings. The highest BCUT2D eigenvalue weighted by Crippen LogP contribution is 1.99. The highest BCUT2D eigenvalue weighted by atomic mass is 32.3. The highest BCUT2D eigenvalue weighted by Gasteiger charge is 1.97. The van der Waals surface area contributed by atoms with Crippen LogP contribution in [0, 0.1) is 0 Å². The summed E-state index contributed by atoms with van der Waals surface area (Å²) in [4.78, 5) is 8.65. The second-order valence-electron chi connectivity index (χ2n) is 1.52. The van der Waals surface area contributed by atoms with Crippen molar-refractivity contribution in [1.29, 1.82) is 0 Å². The van der Waals surface area contributed by atoms with E-state index in [1.54, 1.807) is 0 Å². The maximum Gasteiger partial charge on any atom is 0.276 e. The van der Waals surface area contributed by atoms with Crippen molar-refractivity contribution in [3.05, 3.63) is 0 Å². The van der Waals surface area contributed by atoms with Gasteiger partial charge in [-0.15, -0.1) is 0 Å². The van der Waals surface area contributed by atoms with Crippen LogP contribution in [-0.2, 0) is 0 Å². The topological polar surface area (TPSA) is 20.2 Å². The van der Waals surface area contributed by atoms with E-state index < -0.39 is 8.19 Å². The quantitative estimate of drug-likeness (QED) is 0.440. The van der Waals surface area contributed by atoms with E-state index in [1.807, 2.05) is 0 Å². The van der Waals surface area contributed by atoms with Gasteiger partial charge in [-0.05, 0) is 6.04 Å². The molecular formula is C4H11OSSi. The lowest BCUT2D eigenvalue weighted by Gasteiger charge is -1.93. The number of hydrogen-bond donors (Lipinski definition) is 2. The molecule has 1 N–H and O–H groups in total. The molecule has 7 heavy (non-hydrogen) atoms. The lowest BCUT2D eigenvalue weighted by Crippen LogP contribution is -1.99. The maximum absolute atomic E-state index is 8.65. The Hall–Kier alpha value is 0.527. The van der Waals surface area contributed by atoms with Crippen LogP contribution in [0.5, 0.6) is 0 Å². The standard InChI is InChI=1S/C4H11OSSi/c1-2-3-4-7(5)6/h5-6H,2-4H2,1H3. The van der Waals surface area contributed by atoms with Gasteiger partial charge in [0.05, 0.1) is 0 Å². The first-order valence-corrected chi connectivity index (χ1v) is 5.45. The summed E-state index contributed by atoms with van der Waals surface area (Å²) in [7, 11) is -1.20. The van der Waals surface area contributed by atoms with Crippen molar-refractivity contribution in [3.63, 3.8) is 0 Å². The van der Waals surface area contributed by atoms with E-state index in [2.05, 4.69) is 19.0 Å². The molecule has 0 bridgehead atoms. The fraction of sp³-hybridized carbons (Fsp3) is 1.00. The van der Waals surface area contributed by atoms with Crippen LogP contribution in [0.25, 0.3) is 0 Å². The minimum Gasteiger partial charge on any atom is -0.423 e. The summed E-state index contributed by atoms with van der Waals surface area (Å²) >= 11 is 3.89. The van der Waals surface area contributed by atoms with Crippen LogP contribution in [-0.4, -0.2) is 13.0 Å². The zero-order valence-corrected chi connectivity index (χ0v) is 6.41. The van der Waals surface area contributed by atoms with Crippen LogP contribution in [0.3, 0.4) is 0 Å². The molecule has 0 saturated carbocycles. The summed E-state index contributed by atoms with van der Waals surface area (Å²) < 4.78 is 0. The van der Waals surface area contributed by atoms with Crippen molar-refractivity contribution in [2.45, 2.75) is 25.8 Å². The second-order valence-corrected chi connectivity index (χ2v) is 4.40. The summed E-state index contributed by atoms with van der Waals surface area (Å²) in [6.45, 7) is 2.11. The number of hydrogen-bond acceptors (Lipinski definition) is 2. The molecule has 43 valence electrons. The van der Waals surface area contributed by atoms with Crippen molar-refractivity contribution in [2.75, 3.05) is 0 Å². The van der Waals surface area contributed by atoms with Gasteiger partial charge in [0.25, 0.3) is 8.19 Å². The summed E-state index contributed by atoms with van der Waals surface area (Å²) in [5.41, 5.74) is 0. The molecule has 0 aliphatic carbocycles. The van der Waals surface area contributed by atoms with Gasteiger partial charge in [0.2, 0.25) is 0 Å². The third-order valence-corrected chi connectivity index (χ3v) is 2.23. The Bertz CT molecular complexity index is 40.7. The minimum atomic E-state index is -1.20. The molecule has 0 unspecified atom stereocenters. The highest BCUT2D eigenvalue weighted by molar-refractivity contribution is 8.09. The van der Waals surface area contributed by atoms with Crippen molar-refractivity contribution in [2.24, 2.45) is 0 Å². The molecule has 0 spiro atoms. The van der Waals surface area contributed by atoms with Gasteiger partial charge in [-0.2, -0.15) is 12.1 Å². The molecule has 0 heterocycles. The Balaban J connectivity index is 2.68. The van der Waals surface area contributed by atoms with Gasteiger partial charge in [-0.1, -0.05) is 19.8 Å². The van der Waals surface area contributed by atoms with Gasteiger partial charge < -0.3 is 4.80 Å². The molecule has 3 heteroatoms. The second kappa shape index (κ2) is 4.68. The predicted octanol–water partition coefficient (Wildman–Crippen LogP) is 1.20. The number of rotatable bonds is 3. The number of thiol groups is 1. The van der Waals surface area contributed by atoms with Gasteiger partial charge >= 0.3 is 0 Å². The fourth-order valence-corrected chi connectivity index (χ4v) is 1.48. The first-order valence-electron chi connectivity index (χ1n) is 2.51. The Morgan fingerprint density at radius 1 is 1.71 bits per heavy atom. The average Bonchev–Trinajstić information content (AvgIpc) is 1.61. The predicted molar refractivity (Wildman–Crippen MR) is 36.7 cm³/mol. The molecule has 0 aromatic carbocycles. The largest absolute Gasteiger partial charge is 0.423 e. The Kier molecular flexibility index (Phi) is 5.03. The normalized spacial score (nSPS) is 10.3. The monoisotopic (exact) mass is 135 g/mol. The molecule has 0 saturated heterocycles. The average molecular weight is 135 g/mol. The lowest BCUT2D eigenvalue weighted by atomic mass is 10.4.